The van der Waals surface area contributed by atoms with Gasteiger partial charge in [0.1, 0.15) is 5.52 Å². The molecule has 2 aromatic heterocycles. The summed E-state index contributed by atoms with van der Waals surface area (Å²) in [6, 6.07) is 15.1. The van der Waals surface area contributed by atoms with Crippen LogP contribution in [0.5, 0.6) is 0 Å². The molecule has 0 bridgehead atoms. The molecule has 114 valence electrons. The van der Waals surface area contributed by atoms with Gasteiger partial charge in [-0.2, -0.15) is 0 Å². The third-order valence-corrected chi connectivity index (χ3v) is 4.34. The molecule has 0 radical (unpaired) electrons. The molecule has 4 nitrogen and oxygen atoms in total. The van der Waals surface area contributed by atoms with E-state index < -0.39 is 0 Å². The summed E-state index contributed by atoms with van der Waals surface area (Å²) in [6.07, 6.45) is 1.71. The summed E-state index contributed by atoms with van der Waals surface area (Å²) in [4.78, 5) is 8.71. The number of rotatable bonds is 4. The standard InChI is InChI=1S/C17H11ClN2O2S/c18-12-7-5-11(6-8-12)15-9-19-16(21-15)10-23-17-20-13-3-1-2-4-14(13)22-17/h1-9H,10H2. The van der Waals surface area contributed by atoms with Crippen molar-refractivity contribution in [1.82, 2.24) is 9.97 Å². The van der Waals surface area contributed by atoms with Gasteiger partial charge in [0.25, 0.3) is 5.22 Å². The molecule has 0 atom stereocenters. The fourth-order valence-electron chi connectivity index (χ4n) is 2.16. The zero-order chi connectivity index (χ0) is 15.6. The molecule has 0 aliphatic carbocycles. The van der Waals surface area contributed by atoms with E-state index in [9.17, 15) is 0 Å². The maximum Gasteiger partial charge on any atom is 0.257 e. The summed E-state index contributed by atoms with van der Waals surface area (Å²) >= 11 is 7.34. The summed E-state index contributed by atoms with van der Waals surface area (Å²) in [5.41, 5.74) is 2.58. The maximum absolute atomic E-state index is 5.89. The molecule has 0 aliphatic heterocycles. The average Bonchev–Trinajstić information content (AvgIpc) is 3.20. The first-order valence-electron chi connectivity index (χ1n) is 6.97. The molecule has 0 N–H and O–H groups in total. The van der Waals surface area contributed by atoms with Crippen LogP contribution in [0.15, 0.2) is 68.8 Å². The molecule has 0 amide bonds. The summed E-state index contributed by atoms with van der Waals surface area (Å²) in [5.74, 6) is 1.90. The van der Waals surface area contributed by atoms with Crippen molar-refractivity contribution in [2.24, 2.45) is 0 Å². The van der Waals surface area contributed by atoms with E-state index in [1.807, 2.05) is 48.5 Å². The van der Waals surface area contributed by atoms with E-state index in [1.54, 1.807) is 6.20 Å². The van der Waals surface area contributed by atoms with Crippen LogP contribution < -0.4 is 0 Å². The lowest BCUT2D eigenvalue weighted by Gasteiger charge is -1.96. The first kappa shape index (κ1) is 14.4. The normalized spacial score (nSPS) is 11.2. The SMILES string of the molecule is Clc1ccc(-c2cnc(CSc3nc4ccccc4o3)o2)cc1. The predicted molar refractivity (Wildman–Crippen MR) is 90.5 cm³/mol. The second-order valence-electron chi connectivity index (χ2n) is 4.86. The number of halogens is 1. The molecular weight excluding hydrogens is 332 g/mol. The van der Waals surface area contributed by atoms with Crippen LogP contribution in [0.25, 0.3) is 22.4 Å². The lowest BCUT2D eigenvalue weighted by molar-refractivity contribution is 0.486. The number of thioether (sulfide) groups is 1. The Morgan fingerprint density at radius 2 is 1.83 bits per heavy atom. The molecular formula is C17H11ClN2O2S. The van der Waals surface area contributed by atoms with Crippen LogP contribution in [0, 0.1) is 0 Å². The van der Waals surface area contributed by atoms with Gasteiger partial charge in [-0.05, 0) is 36.4 Å². The molecule has 4 rings (SSSR count). The molecule has 4 aromatic rings. The van der Waals surface area contributed by atoms with Crippen molar-refractivity contribution in [2.75, 3.05) is 0 Å². The Hall–Kier alpha value is -2.24. The Labute approximate surface area is 141 Å². The number of hydrogen-bond acceptors (Lipinski definition) is 5. The van der Waals surface area contributed by atoms with E-state index in [2.05, 4.69) is 9.97 Å². The van der Waals surface area contributed by atoms with Gasteiger partial charge in [0.05, 0.1) is 11.9 Å². The molecule has 0 saturated heterocycles. The van der Waals surface area contributed by atoms with Gasteiger partial charge >= 0.3 is 0 Å². The molecule has 6 heteroatoms. The van der Waals surface area contributed by atoms with Crippen molar-refractivity contribution in [2.45, 2.75) is 11.0 Å². The molecule has 0 aliphatic rings. The van der Waals surface area contributed by atoms with Crippen molar-refractivity contribution in [1.29, 1.82) is 0 Å². The highest BCUT2D eigenvalue weighted by molar-refractivity contribution is 7.98. The number of hydrogen-bond donors (Lipinski definition) is 0. The van der Waals surface area contributed by atoms with Crippen LogP contribution >= 0.6 is 23.4 Å². The second kappa shape index (κ2) is 6.10. The van der Waals surface area contributed by atoms with Crippen molar-refractivity contribution in [3.05, 3.63) is 65.6 Å². The first-order valence-corrected chi connectivity index (χ1v) is 8.33. The van der Waals surface area contributed by atoms with E-state index in [-0.39, 0.29) is 0 Å². The van der Waals surface area contributed by atoms with E-state index in [1.165, 1.54) is 11.8 Å². The zero-order valence-electron chi connectivity index (χ0n) is 11.9. The number of oxazole rings is 2. The van der Waals surface area contributed by atoms with Gasteiger partial charge in [-0.1, -0.05) is 35.5 Å². The van der Waals surface area contributed by atoms with Crippen LogP contribution in [-0.4, -0.2) is 9.97 Å². The number of aromatic nitrogens is 2. The van der Waals surface area contributed by atoms with Crippen LogP contribution in [0.1, 0.15) is 5.89 Å². The maximum atomic E-state index is 5.89. The monoisotopic (exact) mass is 342 g/mol. The summed E-state index contributed by atoms with van der Waals surface area (Å²) in [6.45, 7) is 0. The van der Waals surface area contributed by atoms with Crippen molar-refractivity contribution in [3.63, 3.8) is 0 Å². The number of fused-ring (bicyclic) bond motifs is 1. The van der Waals surface area contributed by atoms with Gasteiger partial charge in [-0.3, -0.25) is 0 Å². The molecule has 2 heterocycles. The van der Waals surface area contributed by atoms with E-state index in [0.717, 1.165) is 22.4 Å². The van der Waals surface area contributed by atoms with E-state index in [4.69, 9.17) is 20.4 Å². The Morgan fingerprint density at radius 3 is 2.65 bits per heavy atom. The quantitative estimate of drug-likeness (QED) is 0.463. The minimum Gasteiger partial charge on any atom is -0.440 e. The predicted octanol–water partition coefficient (Wildman–Crippen LogP) is 5.43. The smallest absolute Gasteiger partial charge is 0.257 e. The molecule has 0 saturated carbocycles. The Morgan fingerprint density at radius 1 is 1.00 bits per heavy atom. The van der Waals surface area contributed by atoms with E-state index >= 15 is 0 Å². The fraction of sp³-hybridized carbons (Fsp3) is 0.0588. The first-order chi connectivity index (χ1) is 11.3. The fourth-order valence-corrected chi connectivity index (χ4v) is 2.98. The summed E-state index contributed by atoms with van der Waals surface area (Å²) in [7, 11) is 0. The van der Waals surface area contributed by atoms with Gasteiger partial charge in [0.2, 0.25) is 5.89 Å². The van der Waals surface area contributed by atoms with Gasteiger partial charge in [-0.25, -0.2) is 9.97 Å². The lowest BCUT2D eigenvalue weighted by Crippen LogP contribution is -1.79. The molecule has 0 spiro atoms. The number of para-hydroxylation sites is 2. The van der Waals surface area contributed by atoms with Gasteiger partial charge in [0.15, 0.2) is 11.3 Å². The zero-order valence-corrected chi connectivity index (χ0v) is 13.5. The van der Waals surface area contributed by atoms with Gasteiger partial charge < -0.3 is 8.83 Å². The Kier molecular flexibility index (Phi) is 3.81. The molecule has 23 heavy (non-hydrogen) atoms. The summed E-state index contributed by atoms with van der Waals surface area (Å²) in [5, 5.41) is 1.30. The highest BCUT2D eigenvalue weighted by Gasteiger charge is 2.10. The minimum atomic E-state index is 0.556. The van der Waals surface area contributed by atoms with Crippen LogP contribution in [-0.2, 0) is 5.75 Å². The second-order valence-corrected chi connectivity index (χ2v) is 6.22. The third kappa shape index (κ3) is 3.11. The highest BCUT2D eigenvalue weighted by atomic mass is 35.5. The number of benzene rings is 2. The highest BCUT2D eigenvalue weighted by Crippen LogP contribution is 2.28. The Bertz CT molecular complexity index is 914. The Balaban J connectivity index is 1.48. The lowest BCUT2D eigenvalue weighted by atomic mass is 10.2. The molecule has 0 unspecified atom stereocenters. The van der Waals surface area contributed by atoms with Crippen LogP contribution in [0.4, 0.5) is 0 Å². The van der Waals surface area contributed by atoms with E-state index in [0.29, 0.717) is 21.9 Å². The van der Waals surface area contributed by atoms with Crippen molar-refractivity contribution < 1.29 is 8.83 Å². The van der Waals surface area contributed by atoms with Gasteiger partial charge in [0, 0.05) is 10.6 Å². The topological polar surface area (TPSA) is 52.1 Å². The minimum absolute atomic E-state index is 0.556. The van der Waals surface area contributed by atoms with Gasteiger partial charge in [-0.15, -0.1) is 0 Å². The molecule has 0 fully saturated rings. The number of nitrogens with zero attached hydrogens (tertiary/aromatic N) is 2. The van der Waals surface area contributed by atoms with Crippen LogP contribution in [0.2, 0.25) is 5.02 Å². The third-order valence-electron chi connectivity index (χ3n) is 3.28. The van der Waals surface area contributed by atoms with Crippen molar-refractivity contribution in [3.8, 4) is 11.3 Å². The summed E-state index contributed by atoms with van der Waals surface area (Å²) < 4.78 is 11.4. The van der Waals surface area contributed by atoms with Crippen LogP contribution in [0.3, 0.4) is 0 Å². The molecule has 2 aromatic carbocycles. The van der Waals surface area contributed by atoms with Crippen molar-refractivity contribution >= 4 is 34.5 Å². The largest absolute Gasteiger partial charge is 0.440 e. The average molecular weight is 343 g/mol.